The summed E-state index contributed by atoms with van der Waals surface area (Å²) in [4.78, 5) is 29.1. The predicted molar refractivity (Wildman–Crippen MR) is 108 cm³/mol. The topological polar surface area (TPSA) is 52.7 Å². The van der Waals surface area contributed by atoms with Gasteiger partial charge in [-0.05, 0) is 43.7 Å². The minimum Gasteiger partial charge on any atom is -0.337 e. The molecule has 28 heavy (non-hydrogen) atoms. The van der Waals surface area contributed by atoms with Gasteiger partial charge < -0.3 is 10.2 Å². The molecule has 1 atom stereocenters. The number of carbonyl (C=O) groups excluding carboxylic acids is 2. The molecule has 0 radical (unpaired) electrons. The average molecular weight is 404 g/mol. The van der Waals surface area contributed by atoms with Gasteiger partial charge in [-0.3, -0.25) is 14.5 Å². The van der Waals surface area contributed by atoms with Gasteiger partial charge in [0.25, 0.3) is 5.91 Å². The summed E-state index contributed by atoms with van der Waals surface area (Å²) in [6.07, 6.45) is 0.758. The molecule has 0 bridgehead atoms. The molecule has 7 heteroatoms. The zero-order valence-electron chi connectivity index (χ0n) is 15.7. The lowest BCUT2D eigenvalue weighted by molar-refractivity contribution is -0.120. The molecule has 2 amide bonds. The van der Waals surface area contributed by atoms with E-state index in [2.05, 4.69) is 5.32 Å². The van der Waals surface area contributed by atoms with E-state index in [1.165, 1.54) is 12.1 Å². The van der Waals surface area contributed by atoms with E-state index in [1.54, 1.807) is 41.3 Å². The number of halogens is 2. The Balaban J connectivity index is 1.60. The van der Waals surface area contributed by atoms with Crippen molar-refractivity contribution in [3.63, 3.8) is 0 Å². The molecule has 5 nitrogen and oxygen atoms in total. The highest BCUT2D eigenvalue weighted by molar-refractivity contribution is 6.33. The Kier molecular flexibility index (Phi) is 6.65. The van der Waals surface area contributed by atoms with Crippen LogP contribution in [0.5, 0.6) is 0 Å². The summed E-state index contributed by atoms with van der Waals surface area (Å²) in [5.41, 5.74) is 0.928. The molecule has 1 saturated heterocycles. The van der Waals surface area contributed by atoms with E-state index in [0.717, 1.165) is 6.42 Å². The monoisotopic (exact) mass is 403 g/mol. The molecule has 2 aromatic carbocycles. The van der Waals surface area contributed by atoms with Crippen LogP contribution in [0, 0.1) is 5.82 Å². The smallest absolute Gasteiger partial charge is 0.255 e. The molecule has 0 saturated carbocycles. The van der Waals surface area contributed by atoms with Crippen molar-refractivity contribution in [3.8, 4) is 0 Å². The fourth-order valence-corrected chi connectivity index (χ4v) is 3.53. The number of nitrogens with zero attached hydrogens (tertiary/aromatic N) is 2. The van der Waals surface area contributed by atoms with Crippen LogP contribution < -0.4 is 5.32 Å². The van der Waals surface area contributed by atoms with Gasteiger partial charge in [0.05, 0.1) is 16.6 Å². The van der Waals surface area contributed by atoms with Crippen molar-refractivity contribution in [1.82, 2.24) is 9.80 Å². The summed E-state index contributed by atoms with van der Waals surface area (Å²) in [7, 11) is 0. The standard InChI is InChI=1S/C21H23ClFN3O2/c1-15(20(27)24-17-7-4-6-16(23)14-17)25-10-5-11-26(13-12-25)21(28)18-8-2-3-9-19(18)22/h2-4,6-9,14-15H,5,10-13H2,1H3,(H,24,27). The third kappa shape index (κ3) is 4.88. The van der Waals surface area contributed by atoms with E-state index in [0.29, 0.717) is 42.5 Å². The maximum Gasteiger partial charge on any atom is 0.255 e. The maximum absolute atomic E-state index is 13.3. The molecule has 1 N–H and O–H groups in total. The number of benzene rings is 2. The number of hydrogen-bond donors (Lipinski definition) is 1. The first kappa shape index (κ1) is 20.3. The Morgan fingerprint density at radius 3 is 2.61 bits per heavy atom. The van der Waals surface area contributed by atoms with E-state index in [4.69, 9.17) is 11.6 Å². The largest absolute Gasteiger partial charge is 0.337 e. The highest BCUT2D eigenvalue weighted by atomic mass is 35.5. The number of anilines is 1. The molecule has 1 aliphatic rings. The van der Waals surface area contributed by atoms with Gasteiger partial charge in [0, 0.05) is 31.9 Å². The summed E-state index contributed by atoms with van der Waals surface area (Å²) >= 11 is 6.15. The molecule has 1 unspecified atom stereocenters. The number of carbonyl (C=O) groups is 2. The first-order valence-corrected chi connectivity index (χ1v) is 9.68. The molecule has 0 aliphatic carbocycles. The molecule has 3 rings (SSSR count). The van der Waals surface area contributed by atoms with Crippen LogP contribution >= 0.6 is 11.6 Å². The molecule has 2 aromatic rings. The third-order valence-electron chi connectivity index (χ3n) is 4.94. The highest BCUT2D eigenvalue weighted by Crippen LogP contribution is 2.19. The van der Waals surface area contributed by atoms with Gasteiger partial charge in [0.15, 0.2) is 0 Å². The Morgan fingerprint density at radius 1 is 1.07 bits per heavy atom. The summed E-state index contributed by atoms with van der Waals surface area (Å²) in [5, 5.41) is 3.19. The third-order valence-corrected chi connectivity index (χ3v) is 5.27. The Morgan fingerprint density at radius 2 is 1.86 bits per heavy atom. The molecule has 1 heterocycles. The van der Waals surface area contributed by atoms with Crippen LogP contribution in [-0.4, -0.2) is 53.8 Å². The molecule has 148 valence electrons. The van der Waals surface area contributed by atoms with E-state index < -0.39 is 11.9 Å². The minimum atomic E-state index is -0.394. The van der Waals surface area contributed by atoms with E-state index in [1.807, 2.05) is 11.8 Å². The molecular weight excluding hydrogens is 381 g/mol. The predicted octanol–water partition coefficient (Wildman–Crippen LogP) is 3.65. The van der Waals surface area contributed by atoms with E-state index in [9.17, 15) is 14.0 Å². The van der Waals surface area contributed by atoms with Crippen LogP contribution in [0.1, 0.15) is 23.7 Å². The zero-order chi connectivity index (χ0) is 20.1. The molecular formula is C21H23ClFN3O2. The number of hydrogen-bond acceptors (Lipinski definition) is 3. The van der Waals surface area contributed by atoms with Gasteiger partial charge in [0.1, 0.15) is 5.82 Å². The zero-order valence-corrected chi connectivity index (χ0v) is 16.5. The quantitative estimate of drug-likeness (QED) is 0.847. The first-order valence-electron chi connectivity index (χ1n) is 9.30. The Labute approximate surface area is 169 Å². The Hall–Kier alpha value is -2.44. The molecule has 1 fully saturated rings. The van der Waals surface area contributed by atoms with Crippen molar-refractivity contribution >= 4 is 29.1 Å². The second kappa shape index (κ2) is 9.17. The first-order chi connectivity index (χ1) is 13.5. The van der Waals surface area contributed by atoms with E-state index in [-0.39, 0.29) is 11.8 Å². The fraction of sp³-hybridized carbons (Fsp3) is 0.333. The Bertz CT molecular complexity index is 861. The summed E-state index contributed by atoms with van der Waals surface area (Å²) < 4.78 is 13.3. The number of nitrogens with one attached hydrogen (secondary N) is 1. The molecule has 0 spiro atoms. The van der Waals surface area contributed by atoms with Crippen LogP contribution in [0.25, 0.3) is 0 Å². The normalized spacial score (nSPS) is 16.3. The summed E-state index contributed by atoms with van der Waals surface area (Å²) in [5.74, 6) is -0.685. The fourth-order valence-electron chi connectivity index (χ4n) is 3.31. The maximum atomic E-state index is 13.3. The van der Waals surface area contributed by atoms with Gasteiger partial charge in [0.2, 0.25) is 5.91 Å². The molecule has 1 aliphatic heterocycles. The van der Waals surface area contributed by atoms with Crippen LogP contribution in [-0.2, 0) is 4.79 Å². The minimum absolute atomic E-state index is 0.0932. The SMILES string of the molecule is CC(C(=O)Nc1cccc(F)c1)N1CCCN(C(=O)c2ccccc2Cl)CC1. The van der Waals surface area contributed by atoms with Crippen LogP contribution in [0.15, 0.2) is 48.5 Å². The van der Waals surface area contributed by atoms with Crippen molar-refractivity contribution in [3.05, 3.63) is 64.9 Å². The summed E-state index contributed by atoms with van der Waals surface area (Å²) in [6.45, 7) is 4.22. The van der Waals surface area contributed by atoms with Crippen molar-refractivity contribution in [2.45, 2.75) is 19.4 Å². The van der Waals surface area contributed by atoms with Crippen molar-refractivity contribution in [1.29, 1.82) is 0 Å². The van der Waals surface area contributed by atoms with Crippen LogP contribution in [0.3, 0.4) is 0 Å². The van der Waals surface area contributed by atoms with Gasteiger partial charge in [-0.25, -0.2) is 4.39 Å². The van der Waals surface area contributed by atoms with Crippen molar-refractivity contribution in [2.75, 3.05) is 31.5 Å². The lowest BCUT2D eigenvalue weighted by atomic mass is 10.2. The van der Waals surface area contributed by atoms with Gasteiger partial charge >= 0.3 is 0 Å². The van der Waals surface area contributed by atoms with Crippen LogP contribution in [0.4, 0.5) is 10.1 Å². The lowest BCUT2D eigenvalue weighted by Gasteiger charge is -2.27. The number of amides is 2. The lowest BCUT2D eigenvalue weighted by Crippen LogP contribution is -2.44. The van der Waals surface area contributed by atoms with Gasteiger partial charge in [-0.15, -0.1) is 0 Å². The van der Waals surface area contributed by atoms with Gasteiger partial charge in [-0.2, -0.15) is 0 Å². The van der Waals surface area contributed by atoms with E-state index >= 15 is 0 Å². The second-order valence-corrected chi connectivity index (χ2v) is 7.24. The second-order valence-electron chi connectivity index (χ2n) is 6.84. The van der Waals surface area contributed by atoms with Gasteiger partial charge in [-0.1, -0.05) is 29.8 Å². The summed E-state index contributed by atoms with van der Waals surface area (Å²) in [6, 6.07) is 12.5. The van der Waals surface area contributed by atoms with Crippen molar-refractivity contribution in [2.24, 2.45) is 0 Å². The number of rotatable bonds is 4. The van der Waals surface area contributed by atoms with Crippen LogP contribution in [0.2, 0.25) is 5.02 Å². The average Bonchev–Trinajstić information content (AvgIpc) is 2.93. The molecule has 0 aromatic heterocycles. The highest BCUT2D eigenvalue weighted by Gasteiger charge is 2.26. The van der Waals surface area contributed by atoms with Crippen molar-refractivity contribution < 1.29 is 14.0 Å².